The summed E-state index contributed by atoms with van der Waals surface area (Å²) in [6, 6.07) is 10.1. The van der Waals surface area contributed by atoms with Gasteiger partial charge in [0.15, 0.2) is 0 Å². The van der Waals surface area contributed by atoms with Gasteiger partial charge in [-0.25, -0.2) is 9.37 Å². The summed E-state index contributed by atoms with van der Waals surface area (Å²) in [7, 11) is 0. The number of nitrogens with zero attached hydrogens (tertiary/aromatic N) is 2. The molecule has 3 rings (SSSR count). The second-order valence-electron chi connectivity index (χ2n) is 7.27. The number of hydrogen-bond acceptors (Lipinski definition) is 4. The molecule has 0 aliphatic carbocycles. The minimum absolute atomic E-state index is 0.00848. The van der Waals surface area contributed by atoms with E-state index in [9.17, 15) is 9.18 Å². The number of halogens is 1. The summed E-state index contributed by atoms with van der Waals surface area (Å²) >= 11 is 0. The lowest BCUT2D eigenvalue weighted by molar-refractivity contribution is -0.116. The molecule has 0 saturated carbocycles. The van der Waals surface area contributed by atoms with Crippen molar-refractivity contribution >= 4 is 17.4 Å². The molecule has 0 spiro atoms. The lowest BCUT2D eigenvalue weighted by atomic mass is 9.97. The first-order valence-corrected chi connectivity index (χ1v) is 9.32. The Balaban J connectivity index is 1.56. The first kappa shape index (κ1) is 19.3. The fourth-order valence-corrected chi connectivity index (χ4v) is 3.41. The molecule has 1 saturated heterocycles. The SMILES string of the molecule is CC1CN(c2ccc(NC(=O)CC(C)c3ccc(F)cc3)cn2)CC(C)O1. The first-order valence-electron chi connectivity index (χ1n) is 9.32. The summed E-state index contributed by atoms with van der Waals surface area (Å²) in [5.74, 6) is 0.532. The molecular formula is C21H26FN3O2. The largest absolute Gasteiger partial charge is 0.372 e. The van der Waals surface area contributed by atoms with E-state index in [4.69, 9.17) is 4.74 Å². The predicted octanol–water partition coefficient (Wildman–Crippen LogP) is 3.97. The predicted molar refractivity (Wildman–Crippen MR) is 105 cm³/mol. The van der Waals surface area contributed by atoms with Crippen molar-refractivity contribution in [3.63, 3.8) is 0 Å². The van der Waals surface area contributed by atoms with Gasteiger partial charge in [0, 0.05) is 19.5 Å². The highest BCUT2D eigenvalue weighted by Gasteiger charge is 2.23. The van der Waals surface area contributed by atoms with Crippen molar-refractivity contribution < 1.29 is 13.9 Å². The van der Waals surface area contributed by atoms with Crippen molar-refractivity contribution in [3.05, 3.63) is 54.0 Å². The molecule has 1 fully saturated rings. The number of anilines is 2. The van der Waals surface area contributed by atoms with Crippen molar-refractivity contribution in [3.8, 4) is 0 Å². The number of carbonyl (C=O) groups is 1. The molecule has 3 unspecified atom stereocenters. The van der Waals surface area contributed by atoms with Crippen LogP contribution in [0.5, 0.6) is 0 Å². The summed E-state index contributed by atoms with van der Waals surface area (Å²) < 4.78 is 18.8. The quantitative estimate of drug-likeness (QED) is 0.864. The molecule has 2 heterocycles. The highest BCUT2D eigenvalue weighted by molar-refractivity contribution is 5.91. The third-order valence-electron chi connectivity index (χ3n) is 4.71. The van der Waals surface area contributed by atoms with Gasteiger partial charge in [0.2, 0.25) is 5.91 Å². The summed E-state index contributed by atoms with van der Waals surface area (Å²) in [4.78, 5) is 19.0. The fourth-order valence-electron chi connectivity index (χ4n) is 3.41. The summed E-state index contributed by atoms with van der Waals surface area (Å²) in [6.45, 7) is 7.67. The Labute approximate surface area is 159 Å². The Morgan fingerprint density at radius 1 is 1.22 bits per heavy atom. The van der Waals surface area contributed by atoms with Crippen LogP contribution in [0, 0.1) is 5.82 Å². The molecule has 1 aliphatic rings. The number of ether oxygens (including phenoxy) is 1. The maximum absolute atomic E-state index is 13.0. The van der Waals surface area contributed by atoms with Gasteiger partial charge in [-0.1, -0.05) is 19.1 Å². The van der Waals surface area contributed by atoms with Crippen LogP contribution in [-0.4, -0.2) is 36.2 Å². The van der Waals surface area contributed by atoms with Gasteiger partial charge in [-0.05, 0) is 49.6 Å². The molecule has 5 nitrogen and oxygen atoms in total. The topological polar surface area (TPSA) is 54.5 Å². The van der Waals surface area contributed by atoms with Crippen LogP contribution in [-0.2, 0) is 9.53 Å². The number of morpholine rings is 1. The zero-order valence-corrected chi connectivity index (χ0v) is 16.0. The Hall–Kier alpha value is -2.47. The van der Waals surface area contributed by atoms with Gasteiger partial charge in [0.25, 0.3) is 0 Å². The number of nitrogens with one attached hydrogen (secondary N) is 1. The number of aromatic nitrogens is 1. The third kappa shape index (κ3) is 5.26. The molecule has 2 aromatic rings. The number of carbonyl (C=O) groups excluding carboxylic acids is 1. The normalized spacial score (nSPS) is 21.0. The van der Waals surface area contributed by atoms with E-state index in [-0.39, 0.29) is 29.9 Å². The standard InChI is InChI=1S/C21H26FN3O2/c1-14(17-4-6-18(22)7-5-17)10-21(26)24-19-8-9-20(23-11-19)25-12-15(2)27-16(3)13-25/h4-9,11,14-16H,10,12-13H2,1-3H3,(H,24,26). The van der Waals surface area contributed by atoms with Crippen LogP contribution in [0.15, 0.2) is 42.6 Å². The van der Waals surface area contributed by atoms with Crippen LogP contribution in [0.4, 0.5) is 15.9 Å². The molecule has 144 valence electrons. The van der Waals surface area contributed by atoms with Gasteiger partial charge in [-0.15, -0.1) is 0 Å². The molecule has 0 radical (unpaired) electrons. The van der Waals surface area contributed by atoms with Crippen LogP contribution in [0.3, 0.4) is 0 Å². The van der Waals surface area contributed by atoms with Gasteiger partial charge in [0.1, 0.15) is 11.6 Å². The molecule has 0 bridgehead atoms. The van der Waals surface area contributed by atoms with Gasteiger partial charge in [0.05, 0.1) is 24.1 Å². The Morgan fingerprint density at radius 3 is 2.48 bits per heavy atom. The zero-order valence-electron chi connectivity index (χ0n) is 16.0. The minimum Gasteiger partial charge on any atom is -0.372 e. The van der Waals surface area contributed by atoms with E-state index >= 15 is 0 Å². The third-order valence-corrected chi connectivity index (χ3v) is 4.71. The second kappa shape index (κ2) is 8.48. The van der Waals surface area contributed by atoms with Crippen molar-refractivity contribution in [2.24, 2.45) is 0 Å². The Kier molecular flexibility index (Phi) is 6.06. The van der Waals surface area contributed by atoms with Gasteiger partial charge in [-0.2, -0.15) is 0 Å². The van der Waals surface area contributed by atoms with E-state index in [0.717, 1.165) is 24.5 Å². The smallest absolute Gasteiger partial charge is 0.225 e. The molecule has 1 aromatic carbocycles. The number of amides is 1. The first-order chi connectivity index (χ1) is 12.9. The van der Waals surface area contributed by atoms with Crippen molar-refractivity contribution in [2.45, 2.75) is 45.3 Å². The monoisotopic (exact) mass is 371 g/mol. The average Bonchev–Trinajstić information content (AvgIpc) is 2.62. The minimum atomic E-state index is -0.273. The van der Waals surface area contributed by atoms with E-state index in [1.54, 1.807) is 18.3 Å². The summed E-state index contributed by atoms with van der Waals surface area (Å²) in [6.07, 6.45) is 2.35. The van der Waals surface area contributed by atoms with Gasteiger partial charge >= 0.3 is 0 Å². The molecule has 1 amide bonds. The van der Waals surface area contributed by atoms with Crippen molar-refractivity contribution in [2.75, 3.05) is 23.3 Å². The summed E-state index contributed by atoms with van der Waals surface area (Å²) in [5.41, 5.74) is 1.61. The van der Waals surface area contributed by atoms with E-state index in [1.165, 1.54) is 12.1 Å². The highest BCUT2D eigenvalue weighted by atomic mass is 19.1. The van der Waals surface area contributed by atoms with Crippen molar-refractivity contribution in [1.82, 2.24) is 4.98 Å². The molecule has 6 heteroatoms. The maximum Gasteiger partial charge on any atom is 0.225 e. The lowest BCUT2D eigenvalue weighted by Crippen LogP contribution is -2.45. The lowest BCUT2D eigenvalue weighted by Gasteiger charge is -2.36. The molecule has 1 aliphatic heterocycles. The van der Waals surface area contributed by atoms with Crippen molar-refractivity contribution in [1.29, 1.82) is 0 Å². The summed E-state index contributed by atoms with van der Waals surface area (Å²) in [5, 5.41) is 2.88. The number of hydrogen-bond donors (Lipinski definition) is 1. The van der Waals surface area contributed by atoms with Gasteiger partial charge < -0.3 is 15.0 Å². The maximum atomic E-state index is 13.0. The van der Waals surface area contributed by atoms with Crippen LogP contribution in [0.1, 0.15) is 38.7 Å². The van der Waals surface area contributed by atoms with Crippen LogP contribution < -0.4 is 10.2 Å². The number of benzene rings is 1. The van der Waals surface area contributed by atoms with Crippen LogP contribution in [0.25, 0.3) is 0 Å². The van der Waals surface area contributed by atoms with E-state index in [1.807, 2.05) is 19.1 Å². The molecule has 1 aromatic heterocycles. The molecular weight excluding hydrogens is 345 g/mol. The van der Waals surface area contributed by atoms with E-state index in [0.29, 0.717) is 12.1 Å². The fraction of sp³-hybridized carbons (Fsp3) is 0.429. The zero-order chi connectivity index (χ0) is 19.4. The van der Waals surface area contributed by atoms with E-state index < -0.39 is 0 Å². The molecule has 1 N–H and O–H groups in total. The van der Waals surface area contributed by atoms with E-state index in [2.05, 4.69) is 29.0 Å². The van der Waals surface area contributed by atoms with Gasteiger partial charge in [-0.3, -0.25) is 4.79 Å². The van der Waals surface area contributed by atoms with Crippen LogP contribution >= 0.6 is 0 Å². The highest BCUT2D eigenvalue weighted by Crippen LogP contribution is 2.22. The Bertz CT molecular complexity index is 754. The number of rotatable bonds is 5. The Morgan fingerprint density at radius 2 is 1.89 bits per heavy atom. The second-order valence-corrected chi connectivity index (χ2v) is 7.27. The average molecular weight is 371 g/mol. The molecule has 3 atom stereocenters. The number of pyridine rings is 1. The molecule has 27 heavy (non-hydrogen) atoms. The van der Waals surface area contributed by atoms with Crippen LogP contribution in [0.2, 0.25) is 0 Å².